The molecule has 0 fully saturated rings. The Kier molecular flexibility index (Phi) is 6.21. The third-order valence-corrected chi connectivity index (χ3v) is 5.14. The first-order valence-corrected chi connectivity index (χ1v) is 9.19. The summed E-state index contributed by atoms with van der Waals surface area (Å²) in [4.78, 5) is 2.51. The number of hydrogen-bond donors (Lipinski definition) is 0. The van der Waals surface area contributed by atoms with Gasteiger partial charge in [-0.15, -0.1) is 0 Å². The van der Waals surface area contributed by atoms with Crippen molar-refractivity contribution in [2.24, 2.45) is 0 Å². The molecule has 0 nitrogen and oxygen atoms in total. The van der Waals surface area contributed by atoms with E-state index in [-0.39, 0.29) is 13.5 Å². The van der Waals surface area contributed by atoms with Crippen molar-refractivity contribution in [1.29, 1.82) is 0 Å². The minimum atomic E-state index is 0. The zero-order valence-electron chi connectivity index (χ0n) is 14.3. The zero-order valence-corrected chi connectivity index (χ0v) is 16.1. The van der Waals surface area contributed by atoms with Crippen LogP contribution in [-0.2, 0) is 0 Å². The van der Waals surface area contributed by atoms with E-state index in [0.29, 0.717) is 0 Å². The second kappa shape index (κ2) is 8.79. The Bertz CT molecular complexity index is 949. The molecule has 0 saturated carbocycles. The summed E-state index contributed by atoms with van der Waals surface area (Å²) in [7, 11) is 0. The number of rotatable bonds is 4. The summed E-state index contributed by atoms with van der Waals surface area (Å²) in [5.74, 6) is 0. The van der Waals surface area contributed by atoms with Gasteiger partial charge in [0, 0.05) is 9.79 Å². The minimum Gasteiger partial charge on any atom is -0.197 e. The lowest BCUT2D eigenvalue weighted by Crippen LogP contribution is -1.86. The molecule has 0 N–H and O–H groups in total. The van der Waals surface area contributed by atoms with E-state index in [1.165, 1.54) is 32.0 Å². The Hall–Kier alpha value is -2.42. The molecule has 0 aliphatic rings. The monoisotopic (exact) mass is 372 g/mol. The van der Waals surface area contributed by atoms with Crippen molar-refractivity contribution < 1.29 is 0 Å². The van der Waals surface area contributed by atoms with Crippen LogP contribution in [0.2, 0.25) is 0 Å². The average Bonchev–Trinajstić information content (AvgIpc) is 2.70. The highest BCUT2D eigenvalue weighted by Crippen LogP contribution is 2.37. The van der Waals surface area contributed by atoms with Gasteiger partial charge in [-0.3, -0.25) is 0 Å². The van der Waals surface area contributed by atoms with Gasteiger partial charge in [0.25, 0.3) is 0 Å². The molecule has 0 aromatic heterocycles. The molecule has 26 heavy (non-hydrogen) atoms. The number of hydrogen-bond acceptors (Lipinski definition) is 1. The molecule has 4 rings (SSSR count). The van der Waals surface area contributed by atoms with Crippen LogP contribution >= 0.6 is 25.3 Å². The van der Waals surface area contributed by atoms with Crippen LogP contribution in [0.4, 0.5) is 0 Å². The molecule has 0 atom stereocenters. The third kappa shape index (κ3) is 4.21. The van der Waals surface area contributed by atoms with E-state index in [9.17, 15) is 0 Å². The molecule has 0 radical (unpaired) electrons. The molecule has 0 unspecified atom stereocenters. The zero-order chi connectivity index (χ0) is 16.9. The summed E-state index contributed by atoms with van der Waals surface area (Å²) in [6, 6.07) is 38.5. The van der Waals surface area contributed by atoms with Gasteiger partial charge in [-0.25, -0.2) is 0 Å². The summed E-state index contributed by atoms with van der Waals surface area (Å²) in [5.41, 5.74) is 5.03. The standard InChI is InChI=1S/C24H18S.H2S/c1-4-10-19(11-5-1)23-17-16-22(25-21-14-8-3-9-15-21)18-24(23)20-12-6-2-7-13-20;/h1-18H;1H2. The van der Waals surface area contributed by atoms with E-state index in [0.717, 1.165) is 0 Å². The van der Waals surface area contributed by atoms with Gasteiger partial charge in [0.2, 0.25) is 0 Å². The Morgan fingerprint density at radius 1 is 0.423 bits per heavy atom. The predicted molar refractivity (Wildman–Crippen MR) is 118 cm³/mol. The molecule has 0 spiro atoms. The molecule has 0 bridgehead atoms. The topological polar surface area (TPSA) is 0 Å². The van der Waals surface area contributed by atoms with E-state index in [1.807, 2.05) is 0 Å². The third-order valence-electron chi connectivity index (χ3n) is 4.14. The van der Waals surface area contributed by atoms with Crippen molar-refractivity contribution in [3.05, 3.63) is 109 Å². The Balaban J connectivity index is 0.00000196. The normalized spacial score (nSPS) is 10.2. The molecule has 0 saturated heterocycles. The van der Waals surface area contributed by atoms with E-state index in [4.69, 9.17) is 0 Å². The van der Waals surface area contributed by atoms with Crippen LogP contribution in [0.5, 0.6) is 0 Å². The lowest BCUT2D eigenvalue weighted by molar-refractivity contribution is 1.40. The van der Waals surface area contributed by atoms with Crippen molar-refractivity contribution in [3.63, 3.8) is 0 Å². The van der Waals surface area contributed by atoms with Gasteiger partial charge in [-0.2, -0.15) is 13.5 Å². The van der Waals surface area contributed by atoms with Gasteiger partial charge in [-0.05, 0) is 46.5 Å². The van der Waals surface area contributed by atoms with Crippen molar-refractivity contribution >= 4 is 25.3 Å². The highest BCUT2D eigenvalue weighted by molar-refractivity contribution is 7.99. The van der Waals surface area contributed by atoms with Crippen LogP contribution in [0.1, 0.15) is 0 Å². The van der Waals surface area contributed by atoms with Crippen LogP contribution in [0.3, 0.4) is 0 Å². The Labute approximate surface area is 166 Å². The molecule has 0 amide bonds. The van der Waals surface area contributed by atoms with Crippen molar-refractivity contribution in [2.75, 3.05) is 0 Å². The van der Waals surface area contributed by atoms with Gasteiger partial charge in [-0.1, -0.05) is 96.7 Å². The molecule has 128 valence electrons. The van der Waals surface area contributed by atoms with Crippen molar-refractivity contribution in [3.8, 4) is 22.3 Å². The van der Waals surface area contributed by atoms with E-state index in [1.54, 1.807) is 11.8 Å². The highest BCUT2D eigenvalue weighted by Gasteiger charge is 2.09. The second-order valence-corrected chi connectivity index (χ2v) is 7.00. The van der Waals surface area contributed by atoms with Crippen molar-refractivity contribution in [2.45, 2.75) is 9.79 Å². The quantitative estimate of drug-likeness (QED) is 0.362. The fraction of sp³-hybridized carbons (Fsp3) is 0. The minimum absolute atomic E-state index is 0. The molecular weight excluding hydrogens is 352 g/mol. The smallest absolute Gasteiger partial charge is 0.0128 e. The SMILES string of the molecule is S.c1ccc(Sc2ccc(-c3ccccc3)c(-c3ccccc3)c2)cc1. The van der Waals surface area contributed by atoms with Gasteiger partial charge in [0.15, 0.2) is 0 Å². The van der Waals surface area contributed by atoms with Crippen LogP contribution in [0.25, 0.3) is 22.3 Å². The maximum atomic E-state index is 2.30. The van der Waals surface area contributed by atoms with E-state index in [2.05, 4.69) is 109 Å². The first-order valence-electron chi connectivity index (χ1n) is 8.38. The lowest BCUT2D eigenvalue weighted by Gasteiger charge is -2.13. The largest absolute Gasteiger partial charge is 0.197 e. The summed E-state index contributed by atoms with van der Waals surface area (Å²) < 4.78 is 0. The molecule has 0 aliphatic heterocycles. The Morgan fingerprint density at radius 2 is 0.923 bits per heavy atom. The summed E-state index contributed by atoms with van der Waals surface area (Å²) >= 11 is 1.80. The molecule has 0 aliphatic carbocycles. The summed E-state index contributed by atoms with van der Waals surface area (Å²) in [6.45, 7) is 0. The predicted octanol–water partition coefficient (Wildman–Crippen LogP) is 7.28. The number of benzene rings is 4. The van der Waals surface area contributed by atoms with E-state index >= 15 is 0 Å². The molecule has 0 heterocycles. The summed E-state index contributed by atoms with van der Waals surface area (Å²) in [5, 5.41) is 0. The fourth-order valence-electron chi connectivity index (χ4n) is 2.94. The Morgan fingerprint density at radius 3 is 1.50 bits per heavy atom. The average molecular weight is 373 g/mol. The highest BCUT2D eigenvalue weighted by atomic mass is 32.2. The van der Waals surface area contributed by atoms with Crippen LogP contribution < -0.4 is 0 Å². The maximum absolute atomic E-state index is 2.30. The van der Waals surface area contributed by atoms with Crippen LogP contribution in [0, 0.1) is 0 Å². The first kappa shape index (κ1) is 18.4. The maximum Gasteiger partial charge on any atom is 0.0128 e. The fourth-order valence-corrected chi connectivity index (χ4v) is 3.82. The second-order valence-electron chi connectivity index (χ2n) is 5.85. The van der Waals surface area contributed by atoms with Crippen LogP contribution in [-0.4, -0.2) is 0 Å². The molecule has 4 aromatic rings. The lowest BCUT2D eigenvalue weighted by atomic mass is 9.95. The van der Waals surface area contributed by atoms with Gasteiger partial charge >= 0.3 is 0 Å². The molecular formula is C24H20S2. The molecule has 2 heteroatoms. The summed E-state index contributed by atoms with van der Waals surface area (Å²) in [6.07, 6.45) is 0. The van der Waals surface area contributed by atoms with Gasteiger partial charge in [0.1, 0.15) is 0 Å². The van der Waals surface area contributed by atoms with Crippen LogP contribution in [0.15, 0.2) is 119 Å². The first-order chi connectivity index (χ1) is 12.4. The molecule has 4 aromatic carbocycles. The van der Waals surface area contributed by atoms with Crippen molar-refractivity contribution in [1.82, 2.24) is 0 Å². The van der Waals surface area contributed by atoms with Gasteiger partial charge < -0.3 is 0 Å². The van der Waals surface area contributed by atoms with Gasteiger partial charge in [0.05, 0.1) is 0 Å². The van der Waals surface area contributed by atoms with E-state index < -0.39 is 0 Å².